The van der Waals surface area contributed by atoms with Gasteiger partial charge >= 0.3 is 0 Å². The molecule has 0 aromatic heterocycles. The Morgan fingerprint density at radius 3 is 2.95 bits per heavy atom. The maximum atomic E-state index is 12.3. The second-order valence-electron chi connectivity index (χ2n) is 5.51. The molecule has 5 nitrogen and oxygen atoms in total. The molecule has 0 bridgehead atoms. The lowest BCUT2D eigenvalue weighted by Crippen LogP contribution is -2.43. The molecule has 1 fully saturated rings. The summed E-state index contributed by atoms with van der Waals surface area (Å²) in [5.74, 6) is 6.82. The van der Waals surface area contributed by atoms with Crippen molar-refractivity contribution in [3.8, 4) is 5.75 Å². The largest absolute Gasteiger partial charge is 0.493 e. The van der Waals surface area contributed by atoms with Crippen LogP contribution < -0.4 is 16.0 Å². The molecular weight excluding hydrogens is 276 g/mol. The average Bonchev–Trinajstić information content (AvgIpc) is 2.89. The summed E-state index contributed by atoms with van der Waals surface area (Å²) in [4.78, 5) is 0. The summed E-state index contributed by atoms with van der Waals surface area (Å²) < 4.78 is 30.0. The zero-order valence-corrected chi connectivity index (χ0v) is 12.2. The zero-order valence-electron chi connectivity index (χ0n) is 11.3. The van der Waals surface area contributed by atoms with Crippen molar-refractivity contribution in [2.45, 2.75) is 37.0 Å². The Kier molecular flexibility index (Phi) is 3.70. The van der Waals surface area contributed by atoms with E-state index in [0.29, 0.717) is 13.0 Å². The number of sulfone groups is 1. The molecule has 6 heteroatoms. The van der Waals surface area contributed by atoms with Crippen molar-refractivity contribution in [1.82, 2.24) is 5.43 Å². The van der Waals surface area contributed by atoms with Crippen LogP contribution in [0.3, 0.4) is 0 Å². The van der Waals surface area contributed by atoms with Gasteiger partial charge in [0.25, 0.3) is 0 Å². The summed E-state index contributed by atoms with van der Waals surface area (Å²) >= 11 is 0. The molecule has 0 aliphatic carbocycles. The van der Waals surface area contributed by atoms with Crippen LogP contribution in [0.2, 0.25) is 0 Å². The highest BCUT2D eigenvalue weighted by Crippen LogP contribution is 2.33. The van der Waals surface area contributed by atoms with Crippen LogP contribution in [0.5, 0.6) is 5.75 Å². The van der Waals surface area contributed by atoms with Crippen LogP contribution in [0.4, 0.5) is 0 Å². The Balaban J connectivity index is 1.93. The molecule has 1 aromatic rings. The van der Waals surface area contributed by atoms with Gasteiger partial charge < -0.3 is 4.74 Å². The van der Waals surface area contributed by atoms with Crippen molar-refractivity contribution >= 4 is 9.84 Å². The third kappa shape index (κ3) is 2.43. The Morgan fingerprint density at radius 1 is 1.35 bits per heavy atom. The SMILES string of the molecule is NNC(c1ccc2c(c1)CCO2)C1CCCCS1(=O)=O. The second kappa shape index (κ2) is 5.35. The first-order valence-corrected chi connectivity index (χ1v) is 8.77. The summed E-state index contributed by atoms with van der Waals surface area (Å²) in [6.45, 7) is 0.696. The topological polar surface area (TPSA) is 81.4 Å². The number of rotatable bonds is 3. The van der Waals surface area contributed by atoms with Gasteiger partial charge in [0, 0.05) is 6.42 Å². The minimum Gasteiger partial charge on any atom is -0.493 e. The monoisotopic (exact) mass is 296 g/mol. The first kappa shape index (κ1) is 13.9. The smallest absolute Gasteiger partial charge is 0.155 e. The molecule has 2 aliphatic heterocycles. The van der Waals surface area contributed by atoms with Gasteiger partial charge in [0.15, 0.2) is 9.84 Å². The molecule has 0 spiro atoms. The van der Waals surface area contributed by atoms with Gasteiger partial charge in [0.2, 0.25) is 0 Å². The lowest BCUT2D eigenvalue weighted by atomic mass is 9.97. The van der Waals surface area contributed by atoms with Gasteiger partial charge in [-0.3, -0.25) is 11.3 Å². The summed E-state index contributed by atoms with van der Waals surface area (Å²) in [5.41, 5.74) is 4.79. The van der Waals surface area contributed by atoms with E-state index in [2.05, 4.69) is 5.43 Å². The van der Waals surface area contributed by atoms with Gasteiger partial charge in [-0.25, -0.2) is 8.42 Å². The molecule has 2 unspecified atom stereocenters. The van der Waals surface area contributed by atoms with Crippen LogP contribution in [-0.2, 0) is 16.3 Å². The normalized spacial score (nSPS) is 25.8. The number of fused-ring (bicyclic) bond motifs is 1. The van der Waals surface area contributed by atoms with Gasteiger partial charge in [-0.15, -0.1) is 0 Å². The third-order valence-corrected chi connectivity index (χ3v) is 6.54. The van der Waals surface area contributed by atoms with Crippen molar-refractivity contribution in [3.63, 3.8) is 0 Å². The fourth-order valence-electron chi connectivity index (χ4n) is 3.17. The number of benzene rings is 1. The van der Waals surface area contributed by atoms with Gasteiger partial charge in [0.1, 0.15) is 5.75 Å². The van der Waals surface area contributed by atoms with Crippen molar-refractivity contribution < 1.29 is 13.2 Å². The van der Waals surface area contributed by atoms with Crippen molar-refractivity contribution in [1.29, 1.82) is 0 Å². The standard InChI is InChI=1S/C14H20N2O3S/c15-16-14(13-3-1-2-8-20(13,17)18)11-4-5-12-10(9-11)6-7-19-12/h4-5,9,13-14,16H,1-3,6-8,15H2. The fraction of sp³-hybridized carbons (Fsp3) is 0.571. The molecule has 0 saturated carbocycles. The van der Waals surface area contributed by atoms with E-state index in [1.165, 1.54) is 0 Å². The van der Waals surface area contributed by atoms with Crippen LogP contribution in [0.1, 0.15) is 36.4 Å². The summed E-state index contributed by atoms with van der Waals surface area (Å²) in [5, 5.41) is -0.429. The zero-order chi connectivity index (χ0) is 14.2. The second-order valence-corrected chi connectivity index (χ2v) is 7.85. The highest BCUT2D eigenvalue weighted by molar-refractivity contribution is 7.92. The minimum absolute atomic E-state index is 0.268. The fourth-order valence-corrected chi connectivity index (χ4v) is 5.26. The molecule has 2 heterocycles. The lowest BCUT2D eigenvalue weighted by Gasteiger charge is -2.30. The Labute approximate surface area is 119 Å². The average molecular weight is 296 g/mol. The first-order valence-electron chi connectivity index (χ1n) is 7.05. The number of nitrogens with one attached hydrogen (secondary N) is 1. The Morgan fingerprint density at radius 2 is 2.20 bits per heavy atom. The molecule has 3 N–H and O–H groups in total. The molecule has 2 aliphatic rings. The number of ether oxygens (including phenoxy) is 1. The minimum atomic E-state index is -3.07. The number of hydrogen-bond acceptors (Lipinski definition) is 5. The highest BCUT2D eigenvalue weighted by Gasteiger charge is 2.36. The van der Waals surface area contributed by atoms with E-state index in [1.54, 1.807) is 0 Å². The Hall–Kier alpha value is -1.11. The van der Waals surface area contributed by atoms with E-state index in [9.17, 15) is 8.42 Å². The predicted octanol–water partition coefficient (Wildman–Crippen LogP) is 1.09. The molecule has 1 saturated heterocycles. The van der Waals surface area contributed by atoms with Gasteiger partial charge in [0.05, 0.1) is 23.7 Å². The van der Waals surface area contributed by atoms with Gasteiger partial charge in [-0.1, -0.05) is 18.6 Å². The Bertz CT molecular complexity index is 600. The first-order chi connectivity index (χ1) is 9.62. The quantitative estimate of drug-likeness (QED) is 0.644. The molecule has 20 heavy (non-hydrogen) atoms. The van der Waals surface area contributed by atoms with Crippen LogP contribution >= 0.6 is 0 Å². The van der Waals surface area contributed by atoms with E-state index < -0.39 is 15.1 Å². The van der Waals surface area contributed by atoms with Crippen LogP contribution in [-0.4, -0.2) is 26.0 Å². The van der Waals surface area contributed by atoms with Crippen LogP contribution in [0.15, 0.2) is 18.2 Å². The molecule has 1 aromatic carbocycles. The maximum absolute atomic E-state index is 12.3. The highest BCUT2D eigenvalue weighted by atomic mass is 32.2. The summed E-state index contributed by atoms with van der Waals surface area (Å²) in [6.07, 6.45) is 3.24. The third-order valence-electron chi connectivity index (χ3n) is 4.25. The molecule has 0 radical (unpaired) electrons. The van der Waals surface area contributed by atoms with E-state index in [1.807, 2.05) is 18.2 Å². The van der Waals surface area contributed by atoms with E-state index in [-0.39, 0.29) is 11.8 Å². The van der Waals surface area contributed by atoms with E-state index in [4.69, 9.17) is 10.6 Å². The van der Waals surface area contributed by atoms with Gasteiger partial charge in [-0.2, -0.15) is 0 Å². The number of hydrogen-bond donors (Lipinski definition) is 2. The molecule has 0 amide bonds. The number of nitrogens with two attached hydrogens (primary N) is 1. The van der Waals surface area contributed by atoms with Crippen molar-refractivity contribution in [3.05, 3.63) is 29.3 Å². The molecule has 3 rings (SSSR count). The van der Waals surface area contributed by atoms with E-state index >= 15 is 0 Å². The van der Waals surface area contributed by atoms with Crippen LogP contribution in [0, 0.1) is 0 Å². The van der Waals surface area contributed by atoms with E-state index in [0.717, 1.165) is 36.1 Å². The van der Waals surface area contributed by atoms with Crippen molar-refractivity contribution in [2.24, 2.45) is 5.84 Å². The predicted molar refractivity (Wildman–Crippen MR) is 77.1 cm³/mol. The van der Waals surface area contributed by atoms with Crippen LogP contribution in [0.25, 0.3) is 0 Å². The maximum Gasteiger partial charge on any atom is 0.155 e. The molecule has 110 valence electrons. The molecule has 2 atom stereocenters. The summed E-state index contributed by atoms with van der Waals surface area (Å²) in [7, 11) is -3.07. The van der Waals surface area contributed by atoms with Gasteiger partial charge in [-0.05, 0) is 30.0 Å². The lowest BCUT2D eigenvalue weighted by molar-refractivity contribution is 0.356. The summed E-state index contributed by atoms with van der Waals surface area (Å²) in [6, 6.07) is 5.51. The van der Waals surface area contributed by atoms with Crippen molar-refractivity contribution in [2.75, 3.05) is 12.4 Å². The number of hydrazine groups is 1. The molecular formula is C14H20N2O3S.